The number of halogens is 2. The van der Waals surface area contributed by atoms with Crippen molar-refractivity contribution in [1.29, 1.82) is 0 Å². The van der Waals surface area contributed by atoms with E-state index < -0.39 is 11.6 Å². The fourth-order valence-electron chi connectivity index (χ4n) is 1.49. The zero-order valence-corrected chi connectivity index (χ0v) is 10.7. The van der Waals surface area contributed by atoms with Gasteiger partial charge >= 0.3 is 0 Å². The van der Waals surface area contributed by atoms with E-state index in [0.717, 1.165) is 17.6 Å². The van der Waals surface area contributed by atoms with Crippen molar-refractivity contribution in [2.75, 3.05) is 7.05 Å². The lowest BCUT2D eigenvalue weighted by molar-refractivity contribution is 0.469. The number of thioether (sulfide) groups is 1. The van der Waals surface area contributed by atoms with E-state index in [9.17, 15) is 8.78 Å². The van der Waals surface area contributed by atoms with E-state index in [1.54, 1.807) is 6.07 Å². The normalized spacial score (nSPS) is 10.8. The highest BCUT2D eigenvalue weighted by Crippen LogP contribution is 2.25. The molecule has 1 N–H and O–H groups in total. The summed E-state index contributed by atoms with van der Waals surface area (Å²) >= 11 is 1.41. The van der Waals surface area contributed by atoms with E-state index in [-0.39, 0.29) is 0 Å². The number of furan rings is 1. The van der Waals surface area contributed by atoms with Gasteiger partial charge in [-0.15, -0.1) is 11.8 Å². The monoisotopic (exact) mass is 269 g/mol. The predicted molar refractivity (Wildman–Crippen MR) is 67.4 cm³/mol. The van der Waals surface area contributed by atoms with Gasteiger partial charge in [-0.2, -0.15) is 0 Å². The third-order valence-corrected chi connectivity index (χ3v) is 3.36. The zero-order valence-electron chi connectivity index (χ0n) is 9.87. The minimum Gasteiger partial charge on any atom is -0.464 e. The molecule has 0 spiro atoms. The average molecular weight is 269 g/mol. The summed E-state index contributed by atoms with van der Waals surface area (Å²) in [5.74, 6) is 0.617. The van der Waals surface area contributed by atoms with Gasteiger partial charge in [0, 0.05) is 4.90 Å². The molecule has 0 unspecified atom stereocenters. The summed E-state index contributed by atoms with van der Waals surface area (Å²) in [6.07, 6.45) is 0. The van der Waals surface area contributed by atoms with Gasteiger partial charge < -0.3 is 9.73 Å². The molecule has 0 bridgehead atoms. The molecule has 0 aliphatic rings. The highest BCUT2D eigenvalue weighted by Gasteiger charge is 2.05. The van der Waals surface area contributed by atoms with Gasteiger partial charge in [0.15, 0.2) is 11.6 Å². The summed E-state index contributed by atoms with van der Waals surface area (Å²) in [4.78, 5) is 0.681. The minimum absolute atomic E-state index is 0.592. The maximum atomic E-state index is 13.0. The number of hydrogen-bond donors (Lipinski definition) is 1. The molecule has 0 saturated heterocycles. The Balaban J connectivity index is 1.95. The fraction of sp³-hybridized carbons (Fsp3) is 0.231. The molecular formula is C13H13F2NOS. The van der Waals surface area contributed by atoms with Crippen LogP contribution in [0.1, 0.15) is 11.5 Å². The van der Waals surface area contributed by atoms with Crippen LogP contribution in [-0.4, -0.2) is 7.05 Å². The lowest BCUT2D eigenvalue weighted by Crippen LogP contribution is -2.03. The SMILES string of the molecule is CNCc1ccc(CSc2ccc(F)c(F)c2)o1. The number of rotatable bonds is 5. The van der Waals surface area contributed by atoms with E-state index in [2.05, 4.69) is 5.32 Å². The highest BCUT2D eigenvalue weighted by atomic mass is 32.2. The molecular weight excluding hydrogens is 256 g/mol. The van der Waals surface area contributed by atoms with Crippen molar-refractivity contribution in [2.45, 2.75) is 17.2 Å². The van der Waals surface area contributed by atoms with Crippen LogP contribution >= 0.6 is 11.8 Å². The molecule has 0 radical (unpaired) electrons. The molecule has 96 valence electrons. The van der Waals surface area contributed by atoms with Gasteiger partial charge in [-0.3, -0.25) is 0 Å². The quantitative estimate of drug-likeness (QED) is 0.840. The second-order valence-corrected chi connectivity index (χ2v) is 4.81. The van der Waals surface area contributed by atoms with Crippen molar-refractivity contribution < 1.29 is 13.2 Å². The first-order chi connectivity index (χ1) is 8.69. The number of benzene rings is 1. The summed E-state index contributed by atoms with van der Waals surface area (Å²) < 4.78 is 31.3. The summed E-state index contributed by atoms with van der Waals surface area (Å²) in [5.41, 5.74) is 0. The lowest BCUT2D eigenvalue weighted by atomic mass is 10.3. The van der Waals surface area contributed by atoms with E-state index in [1.807, 2.05) is 19.2 Å². The summed E-state index contributed by atoms with van der Waals surface area (Å²) in [5, 5.41) is 2.99. The molecule has 0 saturated carbocycles. The molecule has 0 atom stereocenters. The molecule has 2 nitrogen and oxygen atoms in total. The smallest absolute Gasteiger partial charge is 0.159 e. The predicted octanol–water partition coefficient (Wildman–Crippen LogP) is 3.57. The Labute approximate surface area is 108 Å². The molecule has 2 rings (SSSR count). The van der Waals surface area contributed by atoms with Crippen molar-refractivity contribution >= 4 is 11.8 Å². The second-order valence-electron chi connectivity index (χ2n) is 3.76. The first kappa shape index (κ1) is 13.1. The van der Waals surface area contributed by atoms with Crippen molar-refractivity contribution in [3.63, 3.8) is 0 Å². The summed E-state index contributed by atoms with van der Waals surface area (Å²) in [7, 11) is 1.85. The molecule has 2 aromatic rings. The Bertz CT molecular complexity index is 527. The van der Waals surface area contributed by atoms with Crippen molar-refractivity contribution in [2.24, 2.45) is 0 Å². The Morgan fingerprint density at radius 2 is 1.89 bits per heavy atom. The van der Waals surface area contributed by atoms with Gasteiger partial charge in [-0.1, -0.05) is 0 Å². The van der Waals surface area contributed by atoms with Crippen molar-refractivity contribution in [3.05, 3.63) is 53.5 Å². The lowest BCUT2D eigenvalue weighted by Gasteiger charge is -2.00. The second kappa shape index (κ2) is 6.02. The fourth-order valence-corrected chi connectivity index (χ4v) is 2.31. The molecule has 0 aliphatic heterocycles. The maximum Gasteiger partial charge on any atom is 0.159 e. The van der Waals surface area contributed by atoms with Crippen LogP contribution in [-0.2, 0) is 12.3 Å². The first-order valence-corrected chi connectivity index (χ1v) is 6.47. The highest BCUT2D eigenvalue weighted by molar-refractivity contribution is 7.98. The topological polar surface area (TPSA) is 25.2 Å². The van der Waals surface area contributed by atoms with Crippen molar-refractivity contribution in [3.8, 4) is 0 Å². The van der Waals surface area contributed by atoms with Gasteiger partial charge in [0.05, 0.1) is 12.3 Å². The summed E-state index contributed by atoms with van der Waals surface area (Å²) in [6, 6.07) is 7.67. The number of nitrogens with one attached hydrogen (secondary N) is 1. The summed E-state index contributed by atoms with van der Waals surface area (Å²) in [6.45, 7) is 0.676. The molecule has 5 heteroatoms. The van der Waals surface area contributed by atoms with Crippen LogP contribution in [0.25, 0.3) is 0 Å². The third kappa shape index (κ3) is 3.34. The maximum absolute atomic E-state index is 13.0. The molecule has 18 heavy (non-hydrogen) atoms. The van der Waals surface area contributed by atoms with E-state index in [0.29, 0.717) is 17.2 Å². The standard InChI is InChI=1S/C13H13F2NOS/c1-16-7-9-2-3-10(17-9)8-18-11-4-5-12(14)13(15)6-11/h2-6,16H,7-8H2,1H3. The van der Waals surface area contributed by atoms with Gasteiger partial charge in [0.2, 0.25) is 0 Å². The Morgan fingerprint density at radius 3 is 2.61 bits per heavy atom. The molecule has 1 aromatic carbocycles. The van der Waals surface area contributed by atoms with Crippen LogP contribution in [0.15, 0.2) is 39.6 Å². The molecule has 0 amide bonds. The van der Waals surface area contributed by atoms with Crippen LogP contribution in [0.2, 0.25) is 0 Å². The van der Waals surface area contributed by atoms with Crippen molar-refractivity contribution in [1.82, 2.24) is 5.32 Å². The van der Waals surface area contributed by atoms with Crippen LogP contribution < -0.4 is 5.32 Å². The third-order valence-electron chi connectivity index (χ3n) is 2.34. The molecule has 0 aliphatic carbocycles. The van der Waals surface area contributed by atoms with Crippen LogP contribution in [0.5, 0.6) is 0 Å². The largest absolute Gasteiger partial charge is 0.464 e. The Kier molecular flexibility index (Phi) is 4.38. The van der Waals surface area contributed by atoms with E-state index in [4.69, 9.17) is 4.42 Å². The molecule has 0 fully saturated rings. The molecule has 1 aromatic heterocycles. The van der Waals surface area contributed by atoms with E-state index in [1.165, 1.54) is 17.8 Å². The number of hydrogen-bond acceptors (Lipinski definition) is 3. The van der Waals surface area contributed by atoms with Gasteiger partial charge in [0.1, 0.15) is 11.5 Å². The van der Waals surface area contributed by atoms with Crippen LogP contribution in [0.3, 0.4) is 0 Å². The Morgan fingerprint density at radius 1 is 1.11 bits per heavy atom. The average Bonchev–Trinajstić information content (AvgIpc) is 2.79. The van der Waals surface area contributed by atoms with E-state index >= 15 is 0 Å². The minimum atomic E-state index is -0.825. The Hall–Kier alpha value is -1.33. The first-order valence-electron chi connectivity index (χ1n) is 5.49. The van der Waals surface area contributed by atoms with Crippen LogP contribution in [0, 0.1) is 11.6 Å². The van der Waals surface area contributed by atoms with Gasteiger partial charge in [-0.25, -0.2) is 8.78 Å². The van der Waals surface area contributed by atoms with Gasteiger partial charge in [0.25, 0.3) is 0 Å². The zero-order chi connectivity index (χ0) is 13.0. The molecule has 1 heterocycles. The van der Waals surface area contributed by atoms with Gasteiger partial charge in [-0.05, 0) is 37.4 Å². The van der Waals surface area contributed by atoms with Crippen LogP contribution in [0.4, 0.5) is 8.78 Å².